The summed E-state index contributed by atoms with van der Waals surface area (Å²) in [6, 6.07) is 0. The molecule has 2 N–H and O–H groups in total. The molecule has 0 bridgehead atoms. The van der Waals surface area contributed by atoms with E-state index in [4.69, 9.17) is 4.74 Å². The van der Waals surface area contributed by atoms with E-state index in [0.717, 1.165) is 50.0 Å². The number of fused-ring (bicyclic) bond motifs is 1. The van der Waals surface area contributed by atoms with E-state index in [2.05, 4.69) is 18.7 Å². The Kier molecular flexibility index (Phi) is 5.58. The summed E-state index contributed by atoms with van der Waals surface area (Å²) < 4.78 is 5.84. The molecule has 3 heterocycles. The van der Waals surface area contributed by atoms with E-state index in [1.54, 1.807) is 17.5 Å². The maximum atomic E-state index is 12.0. The monoisotopic (exact) mass is 401 g/mol. The van der Waals surface area contributed by atoms with E-state index in [1.165, 1.54) is 27.4 Å². The van der Waals surface area contributed by atoms with Crippen LogP contribution in [0.15, 0.2) is 46.2 Å². The van der Waals surface area contributed by atoms with Crippen LogP contribution in [0, 0.1) is 5.92 Å². The second kappa shape index (κ2) is 8.14. The molecular formula is C22H31N3O4. The summed E-state index contributed by atoms with van der Waals surface area (Å²) in [5.74, 6) is 0.382. The average molecular weight is 402 g/mol. The van der Waals surface area contributed by atoms with Gasteiger partial charge in [0.05, 0.1) is 18.5 Å². The zero-order valence-electron chi connectivity index (χ0n) is 17.4. The topological polar surface area (TPSA) is 76.5 Å². The summed E-state index contributed by atoms with van der Waals surface area (Å²) in [6.45, 7) is 7.09. The van der Waals surface area contributed by atoms with Crippen LogP contribution in [0.5, 0.6) is 0 Å². The molecule has 1 unspecified atom stereocenters. The van der Waals surface area contributed by atoms with Crippen LogP contribution in [0.3, 0.4) is 0 Å². The Morgan fingerprint density at radius 1 is 1.24 bits per heavy atom. The van der Waals surface area contributed by atoms with Gasteiger partial charge in [0.1, 0.15) is 6.26 Å². The summed E-state index contributed by atoms with van der Waals surface area (Å²) >= 11 is 0. The fraction of sp³-hybridized carbons (Fsp3) is 0.591. The maximum absolute atomic E-state index is 12.0. The van der Waals surface area contributed by atoms with Crippen LogP contribution >= 0.6 is 0 Å². The second-order valence-corrected chi connectivity index (χ2v) is 8.40. The van der Waals surface area contributed by atoms with Gasteiger partial charge in [0, 0.05) is 37.5 Å². The lowest BCUT2D eigenvalue weighted by Gasteiger charge is -2.30. The Balaban J connectivity index is 1.85. The predicted octanol–water partition coefficient (Wildman–Crippen LogP) is 3.43. The highest BCUT2D eigenvalue weighted by molar-refractivity contribution is 5.68. The second-order valence-electron chi connectivity index (χ2n) is 8.40. The molecule has 0 aromatic carbocycles. The van der Waals surface area contributed by atoms with E-state index in [1.807, 2.05) is 0 Å². The standard InChI is InChI=1S/C22H31N3O4/c1-15-11-23-9-7-17-5-3-6-18(21(17)23)19-12-25(22(27)28)24(8-4-10-26)20(19)14-29-13-16(15)2/h13-15,26H,3-12H2,1-2H3,(H,27,28)/b16-13-,19-18-,20-14+. The zero-order chi connectivity index (χ0) is 20.5. The summed E-state index contributed by atoms with van der Waals surface area (Å²) in [6.07, 6.45) is 7.30. The van der Waals surface area contributed by atoms with Gasteiger partial charge in [-0.15, -0.1) is 0 Å². The molecule has 0 saturated carbocycles. The number of nitrogens with zero attached hydrogens (tertiary/aromatic N) is 3. The van der Waals surface area contributed by atoms with Crippen LogP contribution in [0.1, 0.15) is 46.0 Å². The first-order valence-corrected chi connectivity index (χ1v) is 10.6. The van der Waals surface area contributed by atoms with Crippen molar-refractivity contribution in [3.8, 4) is 0 Å². The molecule has 0 spiro atoms. The lowest BCUT2D eigenvalue weighted by Crippen LogP contribution is -2.40. The van der Waals surface area contributed by atoms with Crippen molar-refractivity contribution >= 4 is 6.09 Å². The third-order valence-corrected chi connectivity index (χ3v) is 6.53. The summed E-state index contributed by atoms with van der Waals surface area (Å²) in [7, 11) is 0. The lowest BCUT2D eigenvalue weighted by molar-refractivity contribution is 0.0435. The summed E-state index contributed by atoms with van der Waals surface area (Å²) in [4.78, 5) is 14.5. The molecule has 1 amide bonds. The summed E-state index contributed by atoms with van der Waals surface area (Å²) in [5.41, 5.74) is 7.17. The number of hydrogen-bond donors (Lipinski definition) is 2. The van der Waals surface area contributed by atoms with Crippen LogP contribution < -0.4 is 0 Å². The largest absolute Gasteiger partial charge is 0.470 e. The van der Waals surface area contributed by atoms with Crippen LogP contribution in [-0.4, -0.2) is 64.0 Å². The number of allylic oxidation sites excluding steroid dienone is 1. The van der Waals surface area contributed by atoms with Crippen LogP contribution in [0.4, 0.5) is 4.79 Å². The number of ether oxygens (including phenoxy) is 1. The van der Waals surface area contributed by atoms with E-state index in [0.29, 0.717) is 25.4 Å². The van der Waals surface area contributed by atoms with E-state index in [-0.39, 0.29) is 6.61 Å². The Morgan fingerprint density at radius 3 is 2.83 bits per heavy atom. The van der Waals surface area contributed by atoms with Crippen molar-refractivity contribution in [1.29, 1.82) is 0 Å². The maximum Gasteiger partial charge on any atom is 0.426 e. The molecule has 1 fully saturated rings. The van der Waals surface area contributed by atoms with Gasteiger partial charge in [-0.2, -0.15) is 0 Å². The Labute approximate surface area is 172 Å². The molecule has 0 radical (unpaired) electrons. The summed E-state index contributed by atoms with van der Waals surface area (Å²) in [5, 5.41) is 22.2. The van der Waals surface area contributed by atoms with Gasteiger partial charge in [0.15, 0.2) is 0 Å². The minimum atomic E-state index is -0.981. The highest BCUT2D eigenvalue weighted by Gasteiger charge is 2.39. The van der Waals surface area contributed by atoms with Crippen LogP contribution in [0.25, 0.3) is 0 Å². The minimum absolute atomic E-state index is 0.0175. The molecule has 3 aliphatic heterocycles. The molecule has 0 aromatic rings. The number of hydrogen-bond acceptors (Lipinski definition) is 5. The normalized spacial score (nSPS) is 30.7. The van der Waals surface area contributed by atoms with Gasteiger partial charge in [-0.05, 0) is 61.7 Å². The fourth-order valence-electron chi connectivity index (χ4n) is 4.86. The van der Waals surface area contributed by atoms with Crippen LogP contribution in [-0.2, 0) is 4.74 Å². The third-order valence-electron chi connectivity index (χ3n) is 6.53. The molecule has 7 heteroatoms. The van der Waals surface area contributed by atoms with Crippen LogP contribution in [0.2, 0.25) is 0 Å². The van der Waals surface area contributed by atoms with Crippen molar-refractivity contribution < 1.29 is 19.7 Å². The highest BCUT2D eigenvalue weighted by Crippen LogP contribution is 2.44. The number of carboxylic acid groups (broad SMARTS) is 1. The minimum Gasteiger partial charge on any atom is -0.470 e. The van der Waals surface area contributed by atoms with Gasteiger partial charge in [-0.25, -0.2) is 9.80 Å². The van der Waals surface area contributed by atoms with Crippen molar-refractivity contribution in [2.45, 2.75) is 46.0 Å². The van der Waals surface area contributed by atoms with Gasteiger partial charge in [-0.1, -0.05) is 6.92 Å². The van der Waals surface area contributed by atoms with E-state index >= 15 is 0 Å². The Morgan fingerprint density at radius 2 is 2.07 bits per heavy atom. The number of rotatable bonds is 3. The van der Waals surface area contributed by atoms with Crippen molar-refractivity contribution in [2.75, 3.05) is 32.8 Å². The first-order valence-electron chi connectivity index (χ1n) is 10.6. The molecule has 29 heavy (non-hydrogen) atoms. The van der Waals surface area contributed by atoms with Gasteiger partial charge in [-0.3, -0.25) is 5.01 Å². The highest BCUT2D eigenvalue weighted by atomic mass is 16.5. The molecular weight excluding hydrogens is 370 g/mol. The van der Waals surface area contributed by atoms with Crippen molar-refractivity contribution in [1.82, 2.24) is 14.9 Å². The van der Waals surface area contributed by atoms with Crippen molar-refractivity contribution in [3.05, 3.63) is 46.2 Å². The molecule has 0 aromatic heterocycles. The Bertz CT molecular complexity index is 811. The van der Waals surface area contributed by atoms with Gasteiger partial charge in [0.2, 0.25) is 0 Å². The number of aliphatic hydroxyl groups is 1. The van der Waals surface area contributed by atoms with Gasteiger partial charge >= 0.3 is 6.09 Å². The van der Waals surface area contributed by atoms with Crippen molar-refractivity contribution in [3.63, 3.8) is 0 Å². The quantitative estimate of drug-likeness (QED) is 0.755. The first kappa shape index (κ1) is 19.9. The SMILES string of the molecule is C/C1=C/O/C=C2\C(=C3\CCCC4=C3N(CC4)CC1C)CN(C(=O)O)N2CCCO. The fourth-order valence-corrected chi connectivity index (χ4v) is 4.86. The molecule has 158 valence electrons. The molecule has 1 atom stereocenters. The zero-order valence-corrected chi connectivity index (χ0v) is 17.4. The lowest BCUT2D eigenvalue weighted by atomic mass is 9.88. The molecule has 7 nitrogen and oxygen atoms in total. The number of carbonyl (C=O) groups is 1. The Hall–Kier alpha value is -2.41. The number of amides is 1. The number of aliphatic hydroxyl groups excluding tert-OH is 1. The first-order chi connectivity index (χ1) is 14.0. The van der Waals surface area contributed by atoms with E-state index < -0.39 is 6.09 Å². The van der Waals surface area contributed by atoms with E-state index in [9.17, 15) is 15.0 Å². The molecule has 1 saturated heterocycles. The third kappa shape index (κ3) is 3.64. The smallest absolute Gasteiger partial charge is 0.426 e. The molecule has 4 rings (SSSR count). The predicted molar refractivity (Wildman–Crippen MR) is 109 cm³/mol. The van der Waals surface area contributed by atoms with Gasteiger partial charge in [0.25, 0.3) is 0 Å². The number of hydrazine groups is 1. The average Bonchev–Trinajstić information content (AvgIpc) is 3.27. The van der Waals surface area contributed by atoms with Crippen molar-refractivity contribution in [2.24, 2.45) is 5.92 Å². The van der Waals surface area contributed by atoms with Gasteiger partial charge < -0.3 is 19.8 Å². The molecule has 4 aliphatic rings. The molecule has 1 aliphatic carbocycles.